The summed E-state index contributed by atoms with van der Waals surface area (Å²) in [7, 11) is 4.36. The summed E-state index contributed by atoms with van der Waals surface area (Å²) < 4.78 is 20.8. The van der Waals surface area contributed by atoms with Gasteiger partial charge >= 0.3 is 5.97 Å². The van der Waals surface area contributed by atoms with Crippen molar-refractivity contribution in [3.63, 3.8) is 0 Å². The van der Waals surface area contributed by atoms with Crippen LogP contribution in [-0.2, 0) is 4.74 Å². The number of ether oxygens (including phenoxy) is 4. The lowest BCUT2D eigenvalue weighted by Gasteiger charge is -2.13. The predicted molar refractivity (Wildman–Crippen MR) is 82.4 cm³/mol. The fraction of sp³-hybridized carbons (Fsp3) is 0.188. The molecule has 6 heteroatoms. The summed E-state index contributed by atoms with van der Waals surface area (Å²) in [6, 6.07) is 9.96. The second-order valence-corrected chi connectivity index (χ2v) is 4.66. The summed E-state index contributed by atoms with van der Waals surface area (Å²) in [6.45, 7) is 0. The first kappa shape index (κ1) is 16.0. The van der Waals surface area contributed by atoms with Gasteiger partial charge in [0.05, 0.1) is 26.4 Å². The molecule has 2 rings (SSSR count). The minimum atomic E-state index is -0.574. The molecule has 0 aromatic heterocycles. The second kappa shape index (κ2) is 7.04. The van der Waals surface area contributed by atoms with Crippen LogP contribution in [0.25, 0.3) is 0 Å². The quantitative estimate of drug-likeness (QED) is 0.780. The molecule has 0 aliphatic carbocycles. The molecule has 2 aromatic carbocycles. The number of esters is 1. The van der Waals surface area contributed by atoms with E-state index in [1.807, 2.05) is 0 Å². The molecule has 0 saturated heterocycles. The van der Waals surface area contributed by atoms with Gasteiger partial charge in [-0.3, -0.25) is 0 Å². The molecule has 0 spiro atoms. The zero-order valence-electron chi connectivity index (χ0n) is 12.4. The Morgan fingerprint density at radius 2 is 1.55 bits per heavy atom. The van der Waals surface area contributed by atoms with Crippen molar-refractivity contribution in [3.05, 3.63) is 47.0 Å². The van der Waals surface area contributed by atoms with E-state index in [4.69, 9.17) is 30.5 Å². The van der Waals surface area contributed by atoms with Crippen molar-refractivity contribution < 1.29 is 23.7 Å². The van der Waals surface area contributed by atoms with Crippen molar-refractivity contribution in [1.29, 1.82) is 0 Å². The zero-order valence-corrected chi connectivity index (χ0v) is 13.1. The van der Waals surface area contributed by atoms with Gasteiger partial charge < -0.3 is 18.9 Å². The predicted octanol–water partition coefficient (Wildman–Crippen LogP) is 3.94. The number of hydrogen-bond acceptors (Lipinski definition) is 5. The lowest BCUT2D eigenvalue weighted by Crippen LogP contribution is -2.04. The highest BCUT2D eigenvalue weighted by atomic mass is 35.5. The second-order valence-electron chi connectivity index (χ2n) is 4.25. The van der Waals surface area contributed by atoms with Gasteiger partial charge in [0.2, 0.25) is 0 Å². The Morgan fingerprint density at radius 3 is 2.09 bits per heavy atom. The number of carbonyl (C=O) groups is 1. The number of halogens is 1. The molecule has 0 saturated carbocycles. The third-order valence-electron chi connectivity index (χ3n) is 2.92. The Kier molecular flexibility index (Phi) is 5.12. The van der Waals surface area contributed by atoms with Crippen LogP contribution < -0.4 is 14.2 Å². The third-order valence-corrected chi connectivity index (χ3v) is 3.23. The lowest BCUT2D eigenvalue weighted by atomic mass is 10.2. The maximum absolute atomic E-state index is 11.9. The van der Waals surface area contributed by atoms with Crippen LogP contribution in [0.15, 0.2) is 36.4 Å². The van der Waals surface area contributed by atoms with Gasteiger partial charge in [-0.1, -0.05) is 17.7 Å². The van der Waals surface area contributed by atoms with Gasteiger partial charge in [-0.15, -0.1) is 0 Å². The molecule has 0 radical (unpaired) electrons. The van der Waals surface area contributed by atoms with Crippen LogP contribution >= 0.6 is 11.6 Å². The van der Waals surface area contributed by atoms with Gasteiger partial charge in [0.15, 0.2) is 0 Å². The van der Waals surface area contributed by atoms with Crippen LogP contribution in [0.5, 0.6) is 23.0 Å². The van der Waals surface area contributed by atoms with Crippen LogP contribution in [0.1, 0.15) is 10.4 Å². The zero-order chi connectivity index (χ0) is 16.1. The van der Waals surface area contributed by atoms with Crippen molar-refractivity contribution >= 4 is 17.6 Å². The Bertz CT molecular complexity index is 662. The minimum Gasteiger partial charge on any atom is -0.496 e. The SMILES string of the molecule is COC(=O)c1c(Cl)cccc1Oc1cc(OC)cc(OC)c1. The molecule has 5 nitrogen and oxygen atoms in total. The standard InChI is InChI=1S/C16H15ClO5/c1-19-10-7-11(20-2)9-12(8-10)22-14-6-4-5-13(17)15(14)16(18)21-3/h4-9H,1-3H3. The largest absolute Gasteiger partial charge is 0.496 e. The highest BCUT2D eigenvalue weighted by Crippen LogP contribution is 2.34. The van der Waals surface area contributed by atoms with Crippen molar-refractivity contribution in [1.82, 2.24) is 0 Å². The monoisotopic (exact) mass is 322 g/mol. The van der Waals surface area contributed by atoms with Gasteiger partial charge in [-0.05, 0) is 12.1 Å². The molecule has 2 aromatic rings. The molecule has 116 valence electrons. The summed E-state index contributed by atoms with van der Waals surface area (Å²) in [5, 5.41) is 0.249. The first-order valence-corrected chi connectivity index (χ1v) is 6.74. The fourth-order valence-electron chi connectivity index (χ4n) is 1.86. The first-order chi connectivity index (χ1) is 10.6. The van der Waals surface area contributed by atoms with Crippen molar-refractivity contribution in [2.45, 2.75) is 0 Å². The maximum Gasteiger partial charge on any atom is 0.343 e. The molecule has 0 atom stereocenters. The van der Waals surface area contributed by atoms with Crippen molar-refractivity contribution in [2.75, 3.05) is 21.3 Å². The highest BCUT2D eigenvalue weighted by molar-refractivity contribution is 6.34. The van der Waals surface area contributed by atoms with Crippen molar-refractivity contribution in [2.24, 2.45) is 0 Å². The van der Waals surface area contributed by atoms with Gasteiger partial charge in [0.25, 0.3) is 0 Å². The van der Waals surface area contributed by atoms with E-state index in [9.17, 15) is 4.79 Å². The molecular formula is C16H15ClO5. The minimum absolute atomic E-state index is 0.161. The van der Waals surface area contributed by atoms with Gasteiger partial charge in [0, 0.05) is 18.2 Å². The summed E-state index contributed by atoms with van der Waals surface area (Å²) in [5.74, 6) is 1.29. The number of carbonyl (C=O) groups excluding carboxylic acids is 1. The van der Waals surface area contributed by atoms with Crippen LogP contribution in [0.3, 0.4) is 0 Å². The normalized spacial score (nSPS) is 10.0. The smallest absolute Gasteiger partial charge is 0.343 e. The van der Waals surface area contributed by atoms with E-state index >= 15 is 0 Å². The molecular weight excluding hydrogens is 308 g/mol. The number of methoxy groups -OCH3 is 3. The van der Waals surface area contributed by atoms with Gasteiger partial charge in [-0.2, -0.15) is 0 Å². The Morgan fingerprint density at radius 1 is 0.955 bits per heavy atom. The highest BCUT2D eigenvalue weighted by Gasteiger charge is 2.18. The molecule has 0 unspecified atom stereocenters. The van der Waals surface area contributed by atoms with E-state index in [1.54, 1.807) is 36.4 Å². The van der Waals surface area contributed by atoms with Crippen molar-refractivity contribution in [3.8, 4) is 23.0 Å². The van der Waals surface area contributed by atoms with E-state index in [0.717, 1.165) is 0 Å². The van der Waals surface area contributed by atoms with Crippen LogP contribution in [-0.4, -0.2) is 27.3 Å². The van der Waals surface area contributed by atoms with E-state index < -0.39 is 5.97 Å². The molecule has 0 bridgehead atoms. The topological polar surface area (TPSA) is 54.0 Å². The Balaban J connectivity index is 2.43. The van der Waals surface area contributed by atoms with E-state index in [1.165, 1.54) is 21.3 Å². The summed E-state index contributed by atoms with van der Waals surface area (Å²) in [5.41, 5.74) is 0.161. The molecule has 0 amide bonds. The summed E-state index contributed by atoms with van der Waals surface area (Å²) >= 11 is 6.06. The average Bonchev–Trinajstić information content (AvgIpc) is 2.54. The van der Waals surface area contributed by atoms with E-state index in [2.05, 4.69) is 0 Å². The molecule has 0 N–H and O–H groups in total. The molecule has 0 fully saturated rings. The Hall–Kier alpha value is -2.40. The molecule has 22 heavy (non-hydrogen) atoms. The number of rotatable bonds is 5. The lowest BCUT2D eigenvalue weighted by molar-refractivity contribution is 0.0598. The van der Waals surface area contributed by atoms with E-state index in [0.29, 0.717) is 17.2 Å². The number of benzene rings is 2. The third kappa shape index (κ3) is 3.43. The molecule has 0 aliphatic rings. The van der Waals surface area contributed by atoms with Crippen LogP contribution in [0.4, 0.5) is 0 Å². The van der Waals surface area contributed by atoms with Gasteiger partial charge in [0.1, 0.15) is 28.6 Å². The first-order valence-electron chi connectivity index (χ1n) is 6.36. The van der Waals surface area contributed by atoms with Gasteiger partial charge in [-0.25, -0.2) is 4.79 Å². The number of hydrogen-bond donors (Lipinski definition) is 0. The summed E-state index contributed by atoms with van der Waals surface area (Å²) in [4.78, 5) is 11.9. The maximum atomic E-state index is 11.9. The summed E-state index contributed by atoms with van der Waals surface area (Å²) in [6.07, 6.45) is 0. The molecule has 0 aliphatic heterocycles. The molecule has 0 heterocycles. The fourth-order valence-corrected chi connectivity index (χ4v) is 2.10. The average molecular weight is 323 g/mol. The van der Waals surface area contributed by atoms with Crippen LogP contribution in [0.2, 0.25) is 5.02 Å². The Labute approximate surface area is 133 Å². The van der Waals surface area contributed by atoms with Crippen LogP contribution in [0, 0.1) is 0 Å². The van der Waals surface area contributed by atoms with E-state index in [-0.39, 0.29) is 16.3 Å².